The van der Waals surface area contributed by atoms with E-state index in [4.69, 9.17) is 14.2 Å². The summed E-state index contributed by atoms with van der Waals surface area (Å²) in [7, 11) is 4.56. The van der Waals surface area contributed by atoms with Gasteiger partial charge in [0, 0.05) is 25.8 Å². The molecule has 33 heavy (non-hydrogen) atoms. The summed E-state index contributed by atoms with van der Waals surface area (Å²) in [5, 5.41) is 7.91. The minimum atomic E-state index is -0.538. The Kier molecular flexibility index (Phi) is 8.10. The van der Waals surface area contributed by atoms with Gasteiger partial charge in [-0.15, -0.1) is 5.10 Å². The molecule has 1 N–H and O–H groups in total. The zero-order chi connectivity index (χ0) is 24.0. The first-order valence-corrected chi connectivity index (χ1v) is 11.5. The van der Waals surface area contributed by atoms with Gasteiger partial charge in [0.2, 0.25) is 15.8 Å². The summed E-state index contributed by atoms with van der Waals surface area (Å²) in [6, 6.07) is 3.47. The second-order valence-electron chi connectivity index (χ2n) is 7.26. The van der Waals surface area contributed by atoms with E-state index in [-0.39, 0.29) is 12.1 Å². The van der Waals surface area contributed by atoms with Crippen molar-refractivity contribution in [2.75, 3.05) is 39.3 Å². The summed E-state index contributed by atoms with van der Waals surface area (Å²) in [5.41, 5.74) is 0.143. The van der Waals surface area contributed by atoms with Crippen molar-refractivity contribution in [3.63, 3.8) is 0 Å². The second kappa shape index (κ2) is 11.0. The highest BCUT2D eigenvalue weighted by atomic mass is 32.1. The molecule has 3 rings (SSSR count). The van der Waals surface area contributed by atoms with E-state index in [1.807, 2.05) is 0 Å². The lowest BCUT2D eigenvalue weighted by atomic mass is 10.1. The van der Waals surface area contributed by atoms with E-state index in [0.717, 1.165) is 36.6 Å². The standard InChI is InChI=1S/C22H29N5O5S/c1-6-8-26(9-7-2)22-25-27-20(29)15(13-24-21(27)33-22)19(28)23-12-14-10-16(30-3)18(32-5)17(11-14)31-4/h10-11,13H,6-9,12H2,1-5H3,(H,23,28). The molecule has 1 aromatic carbocycles. The van der Waals surface area contributed by atoms with Crippen molar-refractivity contribution in [3.05, 3.63) is 39.8 Å². The van der Waals surface area contributed by atoms with Crippen LogP contribution in [-0.4, -0.2) is 54.9 Å². The van der Waals surface area contributed by atoms with Gasteiger partial charge < -0.3 is 24.4 Å². The van der Waals surface area contributed by atoms with Crippen molar-refractivity contribution < 1.29 is 19.0 Å². The van der Waals surface area contributed by atoms with E-state index < -0.39 is 11.5 Å². The van der Waals surface area contributed by atoms with E-state index in [1.165, 1.54) is 43.4 Å². The van der Waals surface area contributed by atoms with Crippen LogP contribution in [0.4, 0.5) is 5.13 Å². The van der Waals surface area contributed by atoms with Gasteiger partial charge in [0.25, 0.3) is 11.5 Å². The Hall–Kier alpha value is -3.34. The molecule has 3 aromatic rings. The first-order valence-electron chi connectivity index (χ1n) is 10.7. The topological polar surface area (TPSA) is 107 Å². The first kappa shape index (κ1) is 24.3. The number of hydrogen-bond acceptors (Lipinski definition) is 9. The number of anilines is 1. The first-order chi connectivity index (χ1) is 16.0. The zero-order valence-electron chi connectivity index (χ0n) is 19.5. The maximum atomic E-state index is 12.9. The summed E-state index contributed by atoms with van der Waals surface area (Å²) in [4.78, 5) is 32.6. The average Bonchev–Trinajstić information content (AvgIpc) is 3.27. The van der Waals surface area contributed by atoms with Gasteiger partial charge in [-0.1, -0.05) is 25.2 Å². The van der Waals surface area contributed by atoms with Gasteiger partial charge in [-0.05, 0) is 30.5 Å². The van der Waals surface area contributed by atoms with Crippen LogP contribution in [0.5, 0.6) is 17.2 Å². The summed E-state index contributed by atoms with van der Waals surface area (Å²) in [6.45, 7) is 6.02. The number of amides is 1. The molecule has 0 atom stereocenters. The SMILES string of the molecule is CCCN(CCC)c1nn2c(=O)c(C(=O)NCc3cc(OC)c(OC)c(OC)c3)cnc2s1. The molecule has 0 spiro atoms. The Labute approximate surface area is 196 Å². The number of nitrogens with one attached hydrogen (secondary N) is 1. The summed E-state index contributed by atoms with van der Waals surface area (Å²) in [6.07, 6.45) is 3.23. The average molecular weight is 476 g/mol. The van der Waals surface area contributed by atoms with Gasteiger partial charge in [0.1, 0.15) is 5.56 Å². The lowest BCUT2D eigenvalue weighted by Gasteiger charge is -2.19. The highest BCUT2D eigenvalue weighted by Crippen LogP contribution is 2.38. The predicted octanol–water partition coefficient (Wildman–Crippen LogP) is 2.73. The highest BCUT2D eigenvalue weighted by molar-refractivity contribution is 7.20. The van der Waals surface area contributed by atoms with Crippen molar-refractivity contribution in [1.82, 2.24) is 19.9 Å². The van der Waals surface area contributed by atoms with Crippen molar-refractivity contribution in [1.29, 1.82) is 0 Å². The molecule has 0 saturated carbocycles. The van der Waals surface area contributed by atoms with Crippen molar-refractivity contribution in [3.8, 4) is 17.2 Å². The second-order valence-corrected chi connectivity index (χ2v) is 8.19. The number of hydrogen-bond donors (Lipinski definition) is 1. The molecule has 0 aliphatic heterocycles. The molecular weight excluding hydrogens is 446 g/mol. The molecule has 0 aliphatic carbocycles. The van der Waals surface area contributed by atoms with Crippen LogP contribution in [-0.2, 0) is 6.54 Å². The van der Waals surface area contributed by atoms with E-state index in [1.54, 1.807) is 12.1 Å². The highest BCUT2D eigenvalue weighted by Gasteiger charge is 2.19. The smallest absolute Gasteiger partial charge is 0.288 e. The fourth-order valence-electron chi connectivity index (χ4n) is 3.42. The van der Waals surface area contributed by atoms with E-state index in [2.05, 4.69) is 34.1 Å². The van der Waals surface area contributed by atoms with Crippen LogP contribution in [0.2, 0.25) is 0 Å². The molecule has 1 amide bonds. The number of fused-ring (bicyclic) bond motifs is 1. The Morgan fingerprint density at radius 1 is 1.09 bits per heavy atom. The fourth-order valence-corrected chi connectivity index (χ4v) is 4.33. The number of benzene rings is 1. The minimum absolute atomic E-state index is 0.0747. The van der Waals surface area contributed by atoms with Crippen LogP contribution < -0.4 is 30.0 Å². The van der Waals surface area contributed by atoms with E-state index >= 15 is 0 Å². The Balaban J connectivity index is 1.83. The Morgan fingerprint density at radius 3 is 2.27 bits per heavy atom. The van der Waals surface area contributed by atoms with Crippen molar-refractivity contribution in [2.45, 2.75) is 33.2 Å². The molecule has 178 valence electrons. The van der Waals surface area contributed by atoms with Crippen LogP contribution in [0.15, 0.2) is 23.1 Å². The van der Waals surface area contributed by atoms with Crippen LogP contribution >= 0.6 is 11.3 Å². The fraction of sp³-hybridized carbons (Fsp3) is 0.455. The normalized spacial score (nSPS) is 10.8. The number of carbonyl (C=O) groups excluding carboxylic acids is 1. The third-order valence-electron chi connectivity index (χ3n) is 4.96. The molecule has 2 aromatic heterocycles. The van der Waals surface area contributed by atoms with Crippen LogP contribution in [0.3, 0.4) is 0 Å². The molecule has 0 fully saturated rings. The van der Waals surface area contributed by atoms with Gasteiger partial charge in [0.15, 0.2) is 11.5 Å². The largest absolute Gasteiger partial charge is 0.493 e. The molecule has 0 unspecified atom stereocenters. The van der Waals surface area contributed by atoms with Gasteiger partial charge in [-0.25, -0.2) is 4.98 Å². The van der Waals surface area contributed by atoms with Gasteiger partial charge >= 0.3 is 0 Å². The number of nitrogens with zero attached hydrogens (tertiary/aromatic N) is 4. The zero-order valence-corrected chi connectivity index (χ0v) is 20.3. The van der Waals surface area contributed by atoms with Gasteiger partial charge in [-0.2, -0.15) is 4.52 Å². The quantitative estimate of drug-likeness (QED) is 0.451. The monoisotopic (exact) mass is 475 g/mol. The number of aromatic nitrogens is 3. The Morgan fingerprint density at radius 2 is 1.73 bits per heavy atom. The van der Waals surface area contributed by atoms with Crippen LogP contribution in [0, 0.1) is 0 Å². The minimum Gasteiger partial charge on any atom is -0.493 e. The maximum absolute atomic E-state index is 12.9. The summed E-state index contributed by atoms with van der Waals surface area (Å²) < 4.78 is 17.2. The molecule has 2 heterocycles. The van der Waals surface area contributed by atoms with Crippen LogP contribution in [0.25, 0.3) is 4.96 Å². The number of methoxy groups -OCH3 is 3. The number of carbonyl (C=O) groups is 1. The predicted molar refractivity (Wildman–Crippen MR) is 127 cm³/mol. The van der Waals surface area contributed by atoms with Crippen LogP contribution in [0.1, 0.15) is 42.6 Å². The van der Waals surface area contributed by atoms with E-state index in [9.17, 15) is 9.59 Å². The molecule has 0 aliphatic rings. The van der Waals surface area contributed by atoms with Gasteiger partial charge in [0.05, 0.1) is 21.3 Å². The van der Waals surface area contributed by atoms with E-state index in [0.29, 0.717) is 22.2 Å². The molecule has 10 nitrogen and oxygen atoms in total. The molecular formula is C22H29N5O5S. The third kappa shape index (κ3) is 5.19. The number of ether oxygens (including phenoxy) is 3. The molecule has 0 radical (unpaired) electrons. The molecule has 0 bridgehead atoms. The lowest BCUT2D eigenvalue weighted by Crippen LogP contribution is -2.31. The third-order valence-corrected chi connectivity index (χ3v) is 5.94. The van der Waals surface area contributed by atoms with Crippen molar-refractivity contribution >= 4 is 27.3 Å². The summed E-state index contributed by atoms with van der Waals surface area (Å²) in [5.74, 6) is 0.873. The Bertz CT molecular complexity index is 1140. The molecule has 0 saturated heterocycles. The maximum Gasteiger partial charge on any atom is 0.288 e. The number of rotatable bonds is 11. The summed E-state index contributed by atoms with van der Waals surface area (Å²) >= 11 is 1.34. The lowest BCUT2D eigenvalue weighted by molar-refractivity contribution is 0.0948. The molecule has 11 heteroatoms. The van der Waals surface area contributed by atoms with Gasteiger partial charge in [-0.3, -0.25) is 9.59 Å². The van der Waals surface area contributed by atoms with Crippen molar-refractivity contribution in [2.24, 2.45) is 0 Å².